The SMILES string of the molecule is CC(C)N1CCC(NC(=O)c2cc(-c3ccc(F)cc3)n[nH]2)CC1. The topological polar surface area (TPSA) is 61.0 Å². The molecule has 2 N–H and O–H groups in total. The average molecular weight is 330 g/mol. The van der Waals surface area contributed by atoms with Gasteiger partial charge in [-0.05, 0) is 57.0 Å². The third-order valence-electron chi connectivity index (χ3n) is 4.56. The summed E-state index contributed by atoms with van der Waals surface area (Å²) >= 11 is 0. The Morgan fingerprint density at radius 3 is 2.58 bits per heavy atom. The van der Waals surface area contributed by atoms with Gasteiger partial charge in [-0.3, -0.25) is 9.89 Å². The fraction of sp³-hybridized carbons (Fsp3) is 0.444. The highest BCUT2D eigenvalue weighted by molar-refractivity contribution is 5.93. The van der Waals surface area contributed by atoms with Crippen LogP contribution in [0.25, 0.3) is 11.3 Å². The lowest BCUT2D eigenvalue weighted by molar-refractivity contribution is 0.0895. The lowest BCUT2D eigenvalue weighted by Gasteiger charge is -2.34. The van der Waals surface area contributed by atoms with Gasteiger partial charge < -0.3 is 10.2 Å². The second-order valence-electron chi connectivity index (χ2n) is 6.55. The van der Waals surface area contributed by atoms with E-state index in [0.29, 0.717) is 17.4 Å². The second kappa shape index (κ2) is 7.13. The summed E-state index contributed by atoms with van der Waals surface area (Å²) < 4.78 is 13.0. The van der Waals surface area contributed by atoms with Crippen LogP contribution >= 0.6 is 0 Å². The first kappa shape index (κ1) is 16.6. The number of aromatic nitrogens is 2. The minimum atomic E-state index is -0.292. The number of hydrogen-bond donors (Lipinski definition) is 2. The number of rotatable bonds is 4. The summed E-state index contributed by atoms with van der Waals surface area (Å²) in [6.07, 6.45) is 1.92. The highest BCUT2D eigenvalue weighted by Gasteiger charge is 2.23. The van der Waals surface area contributed by atoms with Crippen molar-refractivity contribution >= 4 is 5.91 Å². The van der Waals surface area contributed by atoms with Gasteiger partial charge in [0.2, 0.25) is 0 Å². The highest BCUT2D eigenvalue weighted by Crippen LogP contribution is 2.18. The van der Waals surface area contributed by atoms with Crippen LogP contribution in [0.3, 0.4) is 0 Å². The van der Waals surface area contributed by atoms with Crippen LogP contribution in [0.2, 0.25) is 0 Å². The van der Waals surface area contributed by atoms with Crippen LogP contribution in [0.15, 0.2) is 30.3 Å². The monoisotopic (exact) mass is 330 g/mol. The van der Waals surface area contributed by atoms with E-state index < -0.39 is 0 Å². The number of amides is 1. The normalized spacial score (nSPS) is 16.5. The average Bonchev–Trinajstić information content (AvgIpc) is 3.06. The molecule has 1 aromatic carbocycles. The predicted octanol–water partition coefficient (Wildman–Crippen LogP) is 2.82. The van der Waals surface area contributed by atoms with Crippen molar-refractivity contribution in [3.63, 3.8) is 0 Å². The van der Waals surface area contributed by atoms with E-state index in [9.17, 15) is 9.18 Å². The van der Waals surface area contributed by atoms with Crippen molar-refractivity contribution in [2.24, 2.45) is 0 Å². The molecule has 2 heterocycles. The molecule has 1 aliphatic rings. The number of nitrogens with one attached hydrogen (secondary N) is 2. The molecule has 1 fully saturated rings. The molecule has 0 radical (unpaired) electrons. The van der Waals surface area contributed by atoms with E-state index in [2.05, 4.69) is 34.3 Å². The summed E-state index contributed by atoms with van der Waals surface area (Å²) in [5.41, 5.74) is 1.84. The van der Waals surface area contributed by atoms with Gasteiger partial charge in [0.15, 0.2) is 0 Å². The molecule has 1 amide bonds. The first-order chi connectivity index (χ1) is 11.5. The van der Waals surface area contributed by atoms with E-state index in [1.807, 2.05) is 0 Å². The molecule has 0 unspecified atom stereocenters. The number of halogens is 1. The molecule has 1 aromatic heterocycles. The number of likely N-dealkylation sites (tertiary alicyclic amines) is 1. The van der Waals surface area contributed by atoms with Gasteiger partial charge in [0.05, 0.1) is 5.69 Å². The third-order valence-corrected chi connectivity index (χ3v) is 4.56. The van der Waals surface area contributed by atoms with Gasteiger partial charge in [0, 0.05) is 30.7 Å². The zero-order chi connectivity index (χ0) is 17.1. The van der Waals surface area contributed by atoms with Gasteiger partial charge in [-0.25, -0.2) is 4.39 Å². The van der Waals surface area contributed by atoms with E-state index in [4.69, 9.17) is 0 Å². The molecule has 0 saturated carbocycles. The summed E-state index contributed by atoms with van der Waals surface area (Å²) in [5, 5.41) is 9.99. The van der Waals surface area contributed by atoms with Crippen molar-refractivity contribution in [3.8, 4) is 11.3 Å². The molecule has 128 valence electrons. The maximum absolute atomic E-state index is 13.0. The number of piperidine rings is 1. The first-order valence-electron chi connectivity index (χ1n) is 8.39. The molecular weight excluding hydrogens is 307 g/mol. The standard InChI is InChI=1S/C18H23FN4O/c1-12(2)23-9-7-15(8-10-23)20-18(24)17-11-16(21-22-17)13-3-5-14(19)6-4-13/h3-6,11-12,15H,7-10H2,1-2H3,(H,20,24)(H,21,22). The van der Waals surface area contributed by atoms with Gasteiger partial charge in [0.25, 0.3) is 5.91 Å². The van der Waals surface area contributed by atoms with Gasteiger partial charge in [-0.15, -0.1) is 0 Å². The fourth-order valence-electron chi connectivity index (χ4n) is 3.03. The molecule has 5 nitrogen and oxygen atoms in total. The van der Waals surface area contributed by atoms with E-state index in [1.54, 1.807) is 18.2 Å². The van der Waals surface area contributed by atoms with E-state index in [1.165, 1.54) is 12.1 Å². The third kappa shape index (κ3) is 3.82. The summed E-state index contributed by atoms with van der Waals surface area (Å²) in [4.78, 5) is 14.8. The minimum absolute atomic E-state index is 0.140. The Morgan fingerprint density at radius 1 is 1.29 bits per heavy atom. The molecule has 1 aliphatic heterocycles. The Labute approximate surface area is 141 Å². The van der Waals surface area contributed by atoms with Gasteiger partial charge in [0.1, 0.15) is 11.5 Å². The number of aromatic amines is 1. The van der Waals surface area contributed by atoms with Crippen LogP contribution in [0.4, 0.5) is 4.39 Å². The smallest absolute Gasteiger partial charge is 0.269 e. The second-order valence-corrected chi connectivity index (χ2v) is 6.55. The molecular formula is C18H23FN4O. The Hall–Kier alpha value is -2.21. The summed E-state index contributed by atoms with van der Waals surface area (Å²) in [5.74, 6) is -0.432. The van der Waals surface area contributed by atoms with Crippen LogP contribution in [-0.4, -0.2) is 46.2 Å². The predicted molar refractivity (Wildman–Crippen MR) is 91.2 cm³/mol. The Bertz CT molecular complexity index is 687. The van der Waals surface area contributed by atoms with Crippen molar-refractivity contribution < 1.29 is 9.18 Å². The largest absolute Gasteiger partial charge is 0.348 e. The molecule has 3 rings (SSSR count). The molecule has 0 atom stereocenters. The Morgan fingerprint density at radius 2 is 1.96 bits per heavy atom. The Kier molecular flexibility index (Phi) is 4.94. The van der Waals surface area contributed by atoms with E-state index in [0.717, 1.165) is 31.5 Å². The van der Waals surface area contributed by atoms with Gasteiger partial charge in [-0.2, -0.15) is 5.10 Å². The maximum Gasteiger partial charge on any atom is 0.269 e. The zero-order valence-corrected chi connectivity index (χ0v) is 14.1. The molecule has 6 heteroatoms. The van der Waals surface area contributed by atoms with Crippen molar-refractivity contribution in [1.82, 2.24) is 20.4 Å². The zero-order valence-electron chi connectivity index (χ0n) is 14.1. The fourth-order valence-corrected chi connectivity index (χ4v) is 3.03. The van der Waals surface area contributed by atoms with Gasteiger partial charge in [-0.1, -0.05) is 0 Å². The van der Waals surface area contributed by atoms with Crippen LogP contribution in [0.1, 0.15) is 37.2 Å². The molecule has 24 heavy (non-hydrogen) atoms. The van der Waals surface area contributed by atoms with Crippen molar-refractivity contribution in [2.45, 2.75) is 38.8 Å². The molecule has 0 aliphatic carbocycles. The van der Waals surface area contributed by atoms with Crippen LogP contribution in [-0.2, 0) is 0 Å². The van der Waals surface area contributed by atoms with Crippen molar-refractivity contribution in [1.29, 1.82) is 0 Å². The van der Waals surface area contributed by atoms with E-state index in [-0.39, 0.29) is 17.8 Å². The van der Waals surface area contributed by atoms with E-state index >= 15 is 0 Å². The lowest BCUT2D eigenvalue weighted by atomic mass is 10.0. The number of nitrogens with zero attached hydrogens (tertiary/aromatic N) is 2. The maximum atomic E-state index is 13.0. The van der Waals surface area contributed by atoms with Crippen LogP contribution < -0.4 is 5.32 Å². The molecule has 0 bridgehead atoms. The van der Waals surface area contributed by atoms with Crippen molar-refractivity contribution in [2.75, 3.05) is 13.1 Å². The summed E-state index contributed by atoms with van der Waals surface area (Å²) in [6, 6.07) is 8.51. The van der Waals surface area contributed by atoms with Gasteiger partial charge >= 0.3 is 0 Å². The highest BCUT2D eigenvalue weighted by atomic mass is 19.1. The van der Waals surface area contributed by atoms with Crippen molar-refractivity contribution in [3.05, 3.63) is 41.8 Å². The van der Waals surface area contributed by atoms with Crippen LogP contribution in [0.5, 0.6) is 0 Å². The quantitative estimate of drug-likeness (QED) is 0.906. The molecule has 2 aromatic rings. The summed E-state index contributed by atoms with van der Waals surface area (Å²) in [7, 11) is 0. The number of carbonyl (C=O) groups is 1. The number of benzene rings is 1. The molecule has 0 spiro atoms. The summed E-state index contributed by atoms with van der Waals surface area (Å²) in [6.45, 7) is 6.40. The Balaban J connectivity index is 1.59. The minimum Gasteiger partial charge on any atom is -0.348 e. The molecule has 1 saturated heterocycles. The first-order valence-corrected chi connectivity index (χ1v) is 8.39. The number of H-pyrrole nitrogens is 1. The number of carbonyl (C=O) groups excluding carboxylic acids is 1. The lowest BCUT2D eigenvalue weighted by Crippen LogP contribution is -2.46. The number of hydrogen-bond acceptors (Lipinski definition) is 3. The van der Waals surface area contributed by atoms with Crippen LogP contribution in [0, 0.1) is 5.82 Å².